The van der Waals surface area contributed by atoms with Gasteiger partial charge in [-0.15, -0.1) is 0 Å². The molecule has 0 bridgehead atoms. The van der Waals surface area contributed by atoms with Gasteiger partial charge >= 0.3 is 0 Å². The second-order valence-electron chi connectivity index (χ2n) is 3.00. The van der Waals surface area contributed by atoms with Gasteiger partial charge in [0.1, 0.15) is 0 Å². The molecular formula is C10H13FN2O2. The van der Waals surface area contributed by atoms with Gasteiger partial charge in [0.15, 0.2) is 11.6 Å². The van der Waals surface area contributed by atoms with E-state index in [1.807, 2.05) is 0 Å². The van der Waals surface area contributed by atoms with Crippen LogP contribution in [0.15, 0.2) is 18.2 Å². The summed E-state index contributed by atoms with van der Waals surface area (Å²) in [4.78, 5) is 10.5. The minimum absolute atomic E-state index is 0.0539. The van der Waals surface area contributed by atoms with E-state index in [0.717, 1.165) is 0 Å². The van der Waals surface area contributed by atoms with Crippen LogP contribution in [-0.2, 0) is 11.3 Å². The van der Waals surface area contributed by atoms with Crippen molar-refractivity contribution in [3.63, 3.8) is 0 Å². The molecule has 1 aromatic rings. The molecule has 0 saturated heterocycles. The van der Waals surface area contributed by atoms with Crippen molar-refractivity contribution in [2.75, 3.05) is 6.61 Å². The van der Waals surface area contributed by atoms with Crippen molar-refractivity contribution in [3.05, 3.63) is 29.6 Å². The number of carbonyl (C=O) groups is 1. The molecular weight excluding hydrogens is 199 g/mol. The number of hydrogen-bond acceptors (Lipinski definition) is 3. The summed E-state index contributed by atoms with van der Waals surface area (Å²) in [6, 6.07) is 4.50. The van der Waals surface area contributed by atoms with E-state index in [9.17, 15) is 9.18 Å². The maximum Gasteiger partial charge on any atom is 0.220 e. The molecule has 1 amide bonds. The Morgan fingerprint density at radius 2 is 2.20 bits per heavy atom. The summed E-state index contributed by atoms with van der Waals surface area (Å²) in [6.45, 7) is 0.243. The summed E-state index contributed by atoms with van der Waals surface area (Å²) >= 11 is 0. The highest BCUT2D eigenvalue weighted by Crippen LogP contribution is 2.22. The number of amides is 1. The molecule has 82 valence electrons. The highest BCUT2D eigenvalue weighted by Gasteiger charge is 2.08. The minimum atomic E-state index is -0.486. The van der Waals surface area contributed by atoms with Crippen LogP contribution in [0.3, 0.4) is 0 Å². The summed E-state index contributed by atoms with van der Waals surface area (Å²) in [5.41, 5.74) is 10.9. The van der Waals surface area contributed by atoms with Crippen molar-refractivity contribution in [2.24, 2.45) is 11.5 Å². The van der Waals surface area contributed by atoms with Crippen molar-refractivity contribution < 1.29 is 13.9 Å². The number of primary amides is 1. The van der Waals surface area contributed by atoms with Crippen LogP contribution in [0, 0.1) is 5.82 Å². The van der Waals surface area contributed by atoms with E-state index < -0.39 is 11.7 Å². The van der Waals surface area contributed by atoms with Crippen molar-refractivity contribution in [3.8, 4) is 5.75 Å². The van der Waals surface area contributed by atoms with Crippen LogP contribution in [0.5, 0.6) is 5.75 Å². The van der Waals surface area contributed by atoms with Crippen LogP contribution in [0.1, 0.15) is 12.0 Å². The standard InChI is InChI=1S/C10H13FN2O2/c11-8-3-1-2-7(6-12)10(8)15-5-4-9(13)14/h1-3H,4-6,12H2,(H2,13,14). The van der Waals surface area contributed by atoms with Gasteiger partial charge in [-0.05, 0) is 6.07 Å². The van der Waals surface area contributed by atoms with Gasteiger partial charge in [0.25, 0.3) is 0 Å². The topological polar surface area (TPSA) is 78.3 Å². The molecule has 0 aromatic heterocycles. The molecule has 0 spiro atoms. The molecule has 0 fully saturated rings. The quantitative estimate of drug-likeness (QED) is 0.747. The average Bonchev–Trinajstić information content (AvgIpc) is 2.20. The normalized spacial score (nSPS) is 10.0. The number of para-hydroxylation sites is 1. The first-order chi connectivity index (χ1) is 7.15. The zero-order valence-corrected chi connectivity index (χ0v) is 8.20. The van der Waals surface area contributed by atoms with Gasteiger partial charge in [-0.25, -0.2) is 4.39 Å². The lowest BCUT2D eigenvalue weighted by Gasteiger charge is -2.10. The van der Waals surface area contributed by atoms with Crippen LogP contribution in [0.2, 0.25) is 0 Å². The lowest BCUT2D eigenvalue weighted by molar-refractivity contribution is -0.118. The van der Waals surface area contributed by atoms with Crippen molar-refractivity contribution in [2.45, 2.75) is 13.0 Å². The van der Waals surface area contributed by atoms with Gasteiger partial charge < -0.3 is 16.2 Å². The van der Waals surface area contributed by atoms with Crippen molar-refractivity contribution >= 4 is 5.91 Å². The molecule has 1 rings (SSSR count). The van der Waals surface area contributed by atoms with E-state index in [0.29, 0.717) is 5.56 Å². The molecule has 0 saturated carbocycles. The first-order valence-corrected chi connectivity index (χ1v) is 4.53. The SMILES string of the molecule is NCc1cccc(F)c1OCCC(N)=O. The number of carbonyl (C=O) groups excluding carboxylic acids is 1. The first kappa shape index (κ1) is 11.5. The van der Waals surface area contributed by atoms with E-state index in [-0.39, 0.29) is 25.3 Å². The number of halogens is 1. The maximum atomic E-state index is 13.3. The number of rotatable bonds is 5. The van der Waals surface area contributed by atoms with Crippen molar-refractivity contribution in [1.29, 1.82) is 0 Å². The van der Waals surface area contributed by atoms with Gasteiger partial charge in [0.05, 0.1) is 13.0 Å². The van der Waals surface area contributed by atoms with E-state index in [1.54, 1.807) is 12.1 Å². The summed E-state index contributed by atoms with van der Waals surface area (Å²) in [6.07, 6.45) is 0.0539. The molecule has 15 heavy (non-hydrogen) atoms. The number of hydrogen-bond donors (Lipinski definition) is 2. The Balaban J connectivity index is 2.70. The zero-order valence-electron chi connectivity index (χ0n) is 8.20. The lowest BCUT2D eigenvalue weighted by atomic mass is 10.2. The van der Waals surface area contributed by atoms with E-state index in [2.05, 4.69) is 0 Å². The second-order valence-corrected chi connectivity index (χ2v) is 3.00. The Morgan fingerprint density at radius 1 is 1.47 bits per heavy atom. The van der Waals surface area contributed by atoms with Crippen LogP contribution >= 0.6 is 0 Å². The second kappa shape index (κ2) is 5.31. The Kier molecular flexibility index (Phi) is 4.05. The molecule has 0 radical (unpaired) electrons. The lowest BCUT2D eigenvalue weighted by Crippen LogP contribution is -2.15. The molecule has 0 unspecified atom stereocenters. The third kappa shape index (κ3) is 3.21. The van der Waals surface area contributed by atoms with Gasteiger partial charge in [-0.1, -0.05) is 12.1 Å². The molecule has 0 aliphatic carbocycles. The third-order valence-corrected chi connectivity index (χ3v) is 1.86. The van der Waals surface area contributed by atoms with Gasteiger partial charge in [-0.2, -0.15) is 0 Å². The molecule has 1 aromatic carbocycles. The zero-order chi connectivity index (χ0) is 11.3. The fourth-order valence-electron chi connectivity index (χ4n) is 1.13. The third-order valence-electron chi connectivity index (χ3n) is 1.86. The van der Waals surface area contributed by atoms with Crippen molar-refractivity contribution in [1.82, 2.24) is 0 Å². The van der Waals surface area contributed by atoms with E-state index >= 15 is 0 Å². The van der Waals surface area contributed by atoms with Crippen LogP contribution < -0.4 is 16.2 Å². The number of ether oxygens (including phenoxy) is 1. The predicted molar refractivity (Wildman–Crippen MR) is 53.6 cm³/mol. The van der Waals surface area contributed by atoms with Gasteiger partial charge in [-0.3, -0.25) is 4.79 Å². The highest BCUT2D eigenvalue weighted by molar-refractivity contribution is 5.73. The average molecular weight is 212 g/mol. The Hall–Kier alpha value is -1.62. The molecule has 0 aliphatic rings. The summed E-state index contributed by atoms with van der Waals surface area (Å²) in [5.74, 6) is -0.871. The molecule has 4 nitrogen and oxygen atoms in total. The maximum absolute atomic E-state index is 13.3. The molecule has 0 aliphatic heterocycles. The molecule has 0 heterocycles. The molecule has 4 N–H and O–H groups in total. The number of benzene rings is 1. The number of nitrogens with two attached hydrogens (primary N) is 2. The fourth-order valence-corrected chi connectivity index (χ4v) is 1.13. The largest absolute Gasteiger partial charge is 0.490 e. The Labute approximate surface area is 87.0 Å². The van der Waals surface area contributed by atoms with Crippen LogP contribution in [-0.4, -0.2) is 12.5 Å². The van der Waals surface area contributed by atoms with E-state index in [1.165, 1.54) is 6.07 Å². The molecule has 0 atom stereocenters. The summed E-state index contributed by atoms with van der Waals surface area (Å²) < 4.78 is 18.4. The smallest absolute Gasteiger partial charge is 0.220 e. The Bertz CT molecular complexity index is 355. The first-order valence-electron chi connectivity index (χ1n) is 4.53. The van der Waals surface area contributed by atoms with Crippen LogP contribution in [0.4, 0.5) is 4.39 Å². The highest BCUT2D eigenvalue weighted by atomic mass is 19.1. The summed E-state index contributed by atoms with van der Waals surface area (Å²) in [7, 11) is 0. The predicted octanol–water partition coefficient (Wildman–Crippen LogP) is 0.539. The Morgan fingerprint density at radius 3 is 2.80 bits per heavy atom. The van der Waals surface area contributed by atoms with E-state index in [4.69, 9.17) is 16.2 Å². The van der Waals surface area contributed by atoms with Gasteiger partial charge in [0.2, 0.25) is 5.91 Å². The minimum Gasteiger partial charge on any atom is -0.490 e. The summed E-state index contributed by atoms with van der Waals surface area (Å²) in [5, 5.41) is 0. The molecule has 5 heteroatoms. The van der Waals surface area contributed by atoms with Crippen LogP contribution in [0.25, 0.3) is 0 Å². The fraction of sp³-hybridized carbons (Fsp3) is 0.300. The van der Waals surface area contributed by atoms with Gasteiger partial charge in [0, 0.05) is 12.1 Å². The monoisotopic (exact) mass is 212 g/mol.